The SMILES string of the molecule is O=C(CCCNC(=O)c1ccsc1)OCc1coc(-c2ccccc2)n1. The maximum atomic E-state index is 11.8. The van der Waals surface area contributed by atoms with Gasteiger partial charge in [0.25, 0.3) is 5.91 Å². The number of hydrogen-bond donors (Lipinski definition) is 1. The molecule has 0 saturated carbocycles. The number of nitrogens with zero attached hydrogens (tertiary/aromatic N) is 1. The van der Waals surface area contributed by atoms with Gasteiger partial charge in [-0.2, -0.15) is 11.3 Å². The zero-order chi connectivity index (χ0) is 18.2. The summed E-state index contributed by atoms with van der Waals surface area (Å²) in [6.45, 7) is 0.488. The summed E-state index contributed by atoms with van der Waals surface area (Å²) in [6.07, 6.45) is 2.23. The summed E-state index contributed by atoms with van der Waals surface area (Å²) >= 11 is 1.47. The van der Waals surface area contributed by atoms with Crippen molar-refractivity contribution in [1.29, 1.82) is 0 Å². The highest BCUT2D eigenvalue weighted by molar-refractivity contribution is 7.08. The van der Waals surface area contributed by atoms with Crippen molar-refractivity contribution in [2.24, 2.45) is 0 Å². The van der Waals surface area contributed by atoms with Crippen molar-refractivity contribution in [1.82, 2.24) is 10.3 Å². The molecule has 6 nitrogen and oxygen atoms in total. The van der Waals surface area contributed by atoms with E-state index in [2.05, 4.69) is 10.3 Å². The number of esters is 1. The number of benzene rings is 1. The molecule has 0 aliphatic carbocycles. The molecule has 0 fully saturated rings. The Morgan fingerprint density at radius 3 is 2.81 bits per heavy atom. The third-order valence-corrected chi connectivity index (χ3v) is 4.26. The molecule has 1 amide bonds. The second-order valence-corrected chi connectivity index (χ2v) is 6.32. The fourth-order valence-electron chi connectivity index (χ4n) is 2.24. The van der Waals surface area contributed by atoms with Crippen LogP contribution >= 0.6 is 11.3 Å². The number of nitrogens with one attached hydrogen (secondary N) is 1. The third kappa shape index (κ3) is 5.03. The first-order valence-electron chi connectivity index (χ1n) is 8.18. The normalized spacial score (nSPS) is 10.5. The number of thiophene rings is 1. The summed E-state index contributed by atoms with van der Waals surface area (Å²) < 4.78 is 10.6. The number of amides is 1. The van der Waals surface area contributed by atoms with Crippen molar-refractivity contribution in [3.05, 3.63) is 64.7 Å². The molecule has 3 rings (SSSR count). The Morgan fingerprint density at radius 1 is 1.19 bits per heavy atom. The Kier molecular flexibility index (Phi) is 6.16. The van der Waals surface area contributed by atoms with Crippen LogP contribution in [0.1, 0.15) is 28.9 Å². The Hall–Kier alpha value is -2.93. The number of aromatic nitrogens is 1. The molecule has 134 valence electrons. The van der Waals surface area contributed by atoms with Crippen molar-refractivity contribution in [3.63, 3.8) is 0 Å². The average molecular weight is 370 g/mol. The lowest BCUT2D eigenvalue weighted by atomic mass is 10.2. The standard InChI is InChI=1S/C19H18N2O4S/c22-17(7-4-9-20-18(23)15-8-10-26-13-15)24-11-16-12-25-19(21-16)14-5-2-1-3-6-14/h1-3,5-6,8,10,12-13H,4,7,9,11H2,(H,20,23). The minimum Gasteiger partial charge on any atom is -0.459 e. The van der Waals surface area contributed by atoms with Crippen LogP contribution in [0.4, 0.5) is 0 Å². The van der Waals surface area contributed by atoms with Gasteiger partial charge in [-0.1, -0.05) is 18.2 Å². The molecule has 0 aliphatic heterocycles. The molecule has 1 N–H and O–H groups in total. The van der Waals surface area contributed by atoms with Gasteiger partial charge in [0.1, 0.15) is 18.6 Å². The summed E-state index contributed by atoms with van der Waals surface area (Å²) in [5, 5.41) is 6.40. The van der Waals surface area contributed by atoms with Crippen LogP contribution in [0.2, 0.25) is 0 Å². The van der Waals surface area contributed by atoms with Gasteiger partial charge in [0.2, 0.25) is 5.89 Å². The number of hydrogen-bond acceptors (Lipinski definition) is 6. The van der Waals surface area contributed by atoms with Crippen LogP contribution in [0.3, 0.4) is 0 Å². The molecule has 7 heteroatoms. The van der Waals surface area contributed by atoms with E-state index in [9.17, 15) is 9.59 Å². The Morgan fingerprint density at radius 2 is 2.04 bits per heavy atom. The van der Waals surface area contributed by atoms with Gasteiger partial charge in [0, 0.05) is 29.5 Å². The van der Waals surface area contributed by atoms with E-state index in [1.165, 1.54) is 17.6 Å². The molecule has 1 aromatic carbocycles. The van der Waals surface area contributed by atoms with Crippen molar-refractivity contribution in [3.8, 4) is 11.5 Å². The Balaban J connectivity index is 1.35. The first-order chi connectivity index (χ1) is 12.7. The second kappa shape index (κ2) is 8.96. The molecule has 0 spiro atoms. The van der Waals surface area contributed by atoms with E-state index in [0.717, 1.165) is 5.56 Å². The van der Waals surface area contributed by atoms with Gasteiger partial charge in [0.05, 0.1) is 0 Å². The van der Waals surface area contributed by atoms with E-state index >= 15 is 0 Å². The summed E-state index contributed by atoms with van der Waals surface area (Å²) in [5.74, 6) is 0.0301. The largest absolute Gasteiger partial charge is 0.459 e. The molecule has 3 aromatic rings. The zero-order valence-electron chi connectivity index (χ0n) is 14.0. The highest BCUT2D eigenvalue weighted by Crippen LogP contribution is 2.18. The minimum atomic E-state index is -0.334. The summed E-state index contributed by atoms with van der Waals surface area (Å²) in [5.41, 5.74) is 2.06. The van der Waals surface area contributed by atoms with E-state index in [1.54, 1.807) is 11.4 Å². The lowest BCUT2D eigenvalue weighted by Crippen LogP contribution is -2.24. The lowest BCUT2D eigenvalue weighted by molar-refractivity contribution is -0.145. The topological polar surface area (TPSA) is 81.4 Å². The fraction of sp³-hybridized carbons (Fsp3) is 0.211. The molecule has 26 heavy (non-hydrogen) atoms. The van der Waals surface area contributed by atoms with Gasteiger partial charge in [-0.25, -0.2) is 4.98 Å². The number of oxazole rings is 1. The van der Waals surface area contributed by atoms with E-state index in [1.807, 2.05) is 35.7 Å². The van der Waals surface area contributed by atoms with Gasteiger partial charge < -0.3 is 14.5 Å². The lowest BCUT2D eigenvalue weighted by Gasteiger charge is -2.04. The van der Waals surface area contributed by atoms with Crippen LogP contribution in [-0.4, -0.2) is 23.4 Å². The van der Waals surface area contributed by atoms with Gasteiger partial charge in [-0.15, -0.1) is 0 Å². The number of rotatable bonds is 8. The second-order valence-electron chi connectivity index (χ2n) is 5.54. The molecule has 2 heterocycles. The Bertz CT molecular complexity index is 844. The van der Waals surface area contributed by atoms with Crippen LogP contribution < -0.4 is 5.32 Å². The van der Waals surface area contributed by atoms with Crippen molar-refractivity contribution < 1.29 is 18.7 Å². The molecular formula is C19H18N2O4S. The third-order valence-electron chi connectivity index (χ3n) is 3.58. The molecule has 0 saturated heterocycles. The summed E-state index contributed by atoms with van der Waals surface area (Å²) in [6, 6.07) is 11.3. The molecule has 0 aliphatic rings. The monoisotopic (exact) mass is 370 g/mol. The van der Waals surface area contributed by atoms with Crippen molar-refractivity contribution >= 4 is 23.2 Å². The number of ether oxygens (including phenoxy) is 1. The summed E-state index contributed by atoms with van der Waals surface area (Å²) in [7, 11) is 0. The predicted octanol–water partition coefficient (Wildman–Crippen LogP) is 3.66. The van der Waals surface area contributed by atoms with Crippen molar-refractivity contribution in [2.75, 3.05) is 6.54 Å². The van der Waals surface area contributed by atoms with Gasteiger partial charge >= 0.3 is 5.97 Å². The predicted molar refractivity (Wildman–Crippen MR) is 97.6 cm³/mol. The first-order valence-corrected chi connectivity index (χ1v) is 9.12. The van der Waals surface area contributed by atoms with Crippen LogP contribution in [0.15, 0.2) is 57.8 Å². The molecule has 0 radical (unpaired) electrons. The van der Waals surface area contributed by atoms with Crippen LogP contribution in [0, 0.1) is 0 Å². The number of carbonyl (C=O) groups is 2. The van der Waals surface area contributed by atoms with Crippen LogP contribution in [0.25, 0.3) is 11.5 Å². The van der Waals surface area contributed by atoms with Crippen molar-refractivity contribution in [2.45, 2.75) is 19.4 Å². The highest BCUT2D eigenvalue weighted by Gasteiger charge is 2.10. The quantitative estimate of drug-likeness (QED) is 0.483. The fourth-order valence-corrected chi connectivity index (χ4v) is 2.88. The zero-order valence-corrected chi connectivity index (χ0v) is 14.8. The Labute approximate surface area is 154 Å². The number of carbonyl (C=O) groups excluding carboxylic acids is 2. The minimum absolute atomic E-state index is 0.0659. The smallest absolute Gasteiger partial charge is 0.306 e. The van der Waals surface area contributed by atoms with E-state index in [4.69, 9.17) is 9.15 Å². The van der Waals surface area contributed by atoms with Crippen LogP contribution in [0.5, 0.6) is 0 Å². The first kappa shape index (κ1) is 17.9. The average Bonchev–Trinajstić information content (AvgIpc) is 3.36. The van der Waals surface area contributed by atoms with E-state index in [-0.39, 0.29) is 24.9 Å². The van der Waals surface area contributed by atoms with Gasteiger partial charge in [-0.05, 0) is 30.0 Å². The van der Waals surface area contributed by atoms with Crippen LogP contribution in [-0.2, 0) is 16.1 Å². The molecule has 0 atom stereocenters. The maximum absolute atomic E-state index is 11.8. The van der Waals surface area contributed by atoms with E-state index in [0.29, 0.717) is 30.1 Å². The van der Waals surface area contributed by atoms with Gasteiger partial charge in [0.15, 0.2) is 0 Å². The molecular weight excluding hydrogens is 352 g/mol. The molecule has 0 bridgehead atoms. The highest BCUT2D eigenvalue weighted by atomic mass is 32.1. The maximum Gasteiger partial charge on any atom is 0.306 e. The molecule has 2 aromatic heterocycles. The molecule has 0 unspecified atom stereocenters. The van der Waals surface area contributed by atoms with Gasteiger partial charge in [-0.3, -0.25) is 9.59 Å². The van der Waals surface area contributed by atoms with E-state index < -0.39 is 0 Å². The summed E-state index contributed by atoms with van der Waals surface area (Å²) in [4.78, 5) is 27.8.